The van der Waals surface area contributed by atoms with Crippen LogP contribution in [0.5, 0.6) is 0 Å². The third kappa shape index (κ3) is 3.49. The van der Waals surface area contributed by atoms with Crippen LogP contribution in [-0.2, 0) is 10.2 Å². The van der Waals surface area contributed by atoms with Crippen molar-refractivity contribution in [2.24, 2.45) is 5.73 Å². The summed E-state index contributed by atoms with van der Waals surface area (Å²) in [6.07, 6.45) is 0. The van der Waals surface area contributed by atoms with Crippen molar-refractivity contribution in [3.63, 3.8) is 0 Å². The van der Waals surface area contributed by atoms with Gasteiger partial charge in [-0.3, -0.25) is 0 Å². The van der Waals surface area contributed by atoms with Crippen LogP contribution in [0.2, 0.25) is 0 Å². The van der Waals surface area contributed by atoms with Crippen LogP contribution in [0, 0.1) is 0 Å². The average molecular weight is 277 g/mol. The quantitative estimate of drug-likeness (QED) is 0.885. The maximum Gasteiger partial charge on any atom is 0.321 e. The van der Waals surface area contributed by atoms with Crippen molar-refractivity contribution in [3.05, 3.63) is 29.8 Å². The molecule has 0 aliphatic carbocycles. The molecule has 3 N–H and O–H groups in total. The zero-order valence-corrected chi connectivity index (χ0v) is 12.2. The van der Waals surface area contributed by atoms with E-state index in [0.717, 1.165) is 5.69 Å². The van der Waals surface area contributed by atoms with Gasteiger partial charge in [0.05, 0.1) is 13.2 Å². The van der Waals surface area contributed by atoms with E-state index in [1.807, 2.05) is 24.3 Å². The summed E-state index contributed by atoms with van der Waals surface area (Å²) in [7, 11) is 0. The van der Waals surface area contributed by atoms with Gasteiger partial charge in [-0.15, -0.1) is 0 Å². The molecule has 1 heterocycles. The lowest BCUT2D eigenvalue weighted by molar-refractivity contribution is 0.0564. The molecule has 0 radical (unpaired) electrons. The summed E-state index contributed by atoms with van der Waals surface area (Å²) in [5.74, 6) is 0. The molecule has 0 unspecified atom stereocenters. The number of nitrogens with two attached hydrogens (primary N) is 1. The van der Waals surface area contributed by atoms with E-state index in [9.17, 15) is 4.79 Å². The number of nitrogens with one attached hydrogen (secondary N) is 1. The zero-order valence-electron chi connectivity index (χ0n) is 12.2. The van der Waals surface area contributed by atoms with E-state index in [-0.39, 0.29) is 11.4 Å². The molecule has 5 heteroatoms. The average Bonchev–Trinajstić information content (AvgIpc) is 2.48. The van der Waals surface area contributed by atoms with Gasteiger partial charge >= 0.3 is 6.03 Å². The first-order chi connectivity index (χ1) is 9.53. The van der Waals surface area contributed by atoms with E-state index in [1.165, 1.54) is 5.56 Å². The van der Waals surface area contributed by atoms with Gasteiger partial charge in [-0.1, -0.05) is 26.0 Å². The molecule has 1 aliphatic rings. The van der Waals surface area contributed by atoms with Crippen LogP contribution in [0.3, 0.4) is 0 Å². The molecule has 2 amide bonds. The van der Waals surface area contributed by atoms with Crippen molar-refractivity contribution >= 4 is 11.7 Å². The second-order valence-electron chi connectivity index (χ2n) is 5.69. The molecule has 0 atom stereocenters. The predicted molar refractivity (Wildman–Crippen MR) is 79.9 cm³/mol. The lowest BCUT2D eigenvalue weighted by atomic mass is 9.85. The fourth-order valence-electron chi connectivity index (χ4n) is 2.09. The Bertz CT molecular complexity index is 451. The molecule has 1 aromatic rings. The Kier molecular flexibility index (Phi) is 4.62. The van der Waals surface area contributed by atoms with Crippen molar-refractivity contribution in [1.82, 2.24) is 4.90 Å². The summed E-state index contributed by atoms with van der Waals surface area (Å²) in [5, 5.41) is 2.91. The van der Waals surface area contributed by atoms with E-state index < -0.39 is 0 Å². The van der Waals surface area contributed by atoms with Gasteiger partial charge in [0.2, 0.25) is 0 Å². The van der Waals surface area contributed by atoms with Crippen molar-refractivity contribution in [2.45, 2.75) is 19.3 Å². The van der Waals surface area contributed by atoms with Crippen LogP contribution in [0.25, 0.3) is 0 Å². The van der Waals surface area contributed by atoms with Gasteiger partial charge in [-0.2, -0.15) is 0 Å². The number of nitrogens with zero attached hydrogens (tertiary/aromatic N) is 1. The zero-order chi connectivity index (χ0) is 14.6. The van der Waals surface area contributed by atoms with Crippen LogP contribution in [0.1, 0.15) is 19.4 Å². The van der Waals surface area contributed by atoms with Gasteiger partial charge in [0.1, 0.15) is 0 Å². The lowest BCUT2D eigenvalue weighted by Crippen LogP contribution is -2.43. The Morgan fingerprint density at radius 3 is 2.45 bits per heavy atom. The maximum absolute atomic E-state index is 12.0. The molecule has 5 nitrogen and oxygen atoms in total. The van der Waals surface area contributed by atoms with Gasteiger partial charge in [0.25, 0.3) is 0 Å². The number of urea groups is 1. The number of anilines is 1. The molecule has 1 saturated heterocycles. The van der Waals surface area contributed by atoms with E-state index in [1.54, 1.807) is 4.90 Å². The highest BCUT2D eigenvalue weighted by atomic mass is 16.5. The molecule has 110 valence electrons. The largest absolute Gasteiger partial charge is 0.378 e. The van der Waals surface area contributed by atoms with Gasteiger partial charge in [0, 0.05) is 30.7 Å². The molecular formula is C15H23N3O2. The van der Waals surface area contributed by atoms with Crippen molar-refractivity contribution < 1.29 is 9.53 Å². The fourth-order valence-corrected chi connectivity index (χ4v) is 2.09. The first kappa shape index (κ1) is 14.8. The second kappa shape index (κ2) is 6.24. The molecule has 0 bridgehead atoms. The van der Waals surface area contributed by atoms with E-state index in [2.05, 4.69) is 19.2 Å². The molecule has 2 rings (SSSR count). The number of morpholine rings is 1. The van der Waals surface area contributed by atoms with Crippen LogP contribution < -0.4 is 11.1 Å². The predicted octanol–water partition coefficient (Wildman–Crippen LogP) is 1.79. The number of hydrogen-bond donors (Lipinski definition) is 2. The molecule has 0 saturated carbocycles. The Morgan fingerprint density at radius 2 is 1.90 bits per heavy atom. The SMILES string of the molecule is CC(C)(CN)c1ccc(NC(=O)N2CCOCC2)cc1. The first-order valence-corrected chi connectivity index (χ1v) is 6.97. The van der Waals surface area contributed by atoms with Gasteiger partial charge < -0.3 is 20.7 Å². The molecule has 1 fully saturated rings. The number of carbonyl (C=O) groups is 1. The fraction of sp³-hybridized carbons (Fsp3) is 0.533. The Labute approximate surface area is 120 Å². The topological polar surface area (TPSA) is 67.6 Å². The smallest absolute Gasteiger partial charge is 0.321 e. The van der Waals surface area contributed by atoms with Crippen molar-refractivity contribution in [2.75, 3.05) is 38.2 Å². The highest BCUT2D eigenvalue weighted by Gasteiger charge is 2.19. The number of carbonyl (C=O) groups excluding carboxylic acids is 1. The molecule has 20 heavy (non-hydrogen) atoms. The standard InChI is InChI=1S/C15H23N3O2/c1-15(2,11-16)12-3-5-13(6-4-12)17-14(19)18-7-9-20-10-8-18/h3-6H,7-11,16H2,1-2H3,(H,17,19). The van der Waals surface area contributed by atoms with Crippen LogP contribution in [-0.4, -0.2) is 43.8 Å². The number of hydrogen-bond acceptors (Lipinski definition) is 3. The molecular weight excluding hydrogens is 254 g/mol. The first-order valence-electron chi connectivity index (χ1n) is 6.97. The Hall–Kier alpha value is -1.59. The minimum absolute atomic E-state index is 0.0489. The minimum Gasteiger partial charge on any atom is -0.378 e. The molecule has 0 spiro atoms. The summed E-state index contributed by atoms with van der Waals surface area (Å²) in [6.45, 7) is 7.30. The summed E-state index contributed by atoms with van der Waals surface area (Å²) in [6, 6.07) is 7.80. The summed E-state index contributed by atoms with van der Waals surface area (Å²) in [4.78, 5) is 13.8. The summed E-state index contributed by atoms with van der Waals surface area (Å²) >= 11 is 0. The summed E-state index contributed by atoms with van der Waals surface area (Å²) < 4.78 is 5.23. The molecule has 1 aliphatic heterocycles. The Morgan fingerprint density at radius 1 is 1.30 bits per heavy atom. The highest BCUT2D eigenvalue weighted by molar-refractivity contribution is 5.89. The van der Waals surface area contributed by atoms with E-state index in [0.29, 0.717) is 32.8 Å². The van der Waals surface area contributed by atoms with Crippen LogP contribution in [0.15, 0.2) is 24.3 Å². The Balaban J connectivity index is 1.98. The van der Waals surface area contributed by atoms with Crippen LogP contribution in [0.4, 0.5) is 10.5 Å². The van der Waals surface area contributed by atoms with E-state index >= 15 is 0 Å². The minimum atomic E-state index is -0.0702. The number of benzene rings is 1. The van der Waals surface area contributed by atoms with Gasteiger partial charge in [-0.05, 0) is 17.7 Å². The van der Waals surface area contributed by atoms with Gasteiger partial charge in [0.15, 0.2) is 0 Å². The highest BCUT2D eigenvalue weighted by Crippen LogP contribution is 2.23. The normalized spacial score (nSPS) is 16.1. The van der Waals surface area contributed by atoms with E-state index in [4.69, 9.17) is 10.5 Å². The lowest BCUT2D eigenvalue weighted by Gasteiger charge is -2.27. The number of amides is 2. The third-order valence-corrected chi connectivity index (χ3v) is 3.73. The third-order valence-electron chi connectivity index (χ3n) is 3.73. The second-order valence-corrected chi connectivity index (χ2v) is 5.69. The van der Waals surface area contributed by atoms with Gasteiger partial charge in [-0.25, -0.2) is 4.79 Å². The maximum atomic E-state index is 12.0. The van der Waals surface area contributed by atoms with Crippen molar-refractivity contribution in [1.29, 1.82) is 0 Å². The number of ether oxygens (including phenoxy) is 1. The number of rotatable bonds is 3. The summed E-state index contributed by atoms with van der Waals surface area (Å²) in [5.41, 5.74) is 7.69. The monoisotopic (exact) mass is 277 g/mol. The van der Waals surface area contributed by atoms with Crippen molar-refractivity contribution in [3.8, 4) is 0 Å². The van der Waals surface area contributed by atoms with Crippen LogP contribution >= 0.6 is 0 Å². The molecule has 0 aromatic heterocycles. The molecule has 1 aromatic carbocycles.